The van der Waals surface area contributed by atoms with Crippen LogP contribution >= 0.6 is 24.0 Å². The van der Waals surface area contributed by atoms with Crippen molar-refractivity contribution in [3.63, 3.8) is 0 Å². The van der Waals surface area contributed by atoms with Gasteiger partial charge in [-0.05, 0) is 35.4 Å². The number of aliphatic imine (C=N–C) groups is 1. The minimum absolute atomic E-state index is 0. The maximum Gasteiger partial charge on any atom is 0.241 e. The minimum Gasteiger partial charge on any atom is -0.497 e. The highest BCUT2D eigenvalue weighted by molar-refractivity contribution is 14.0. The SMILES string of the molecule is COc1ccc(CN=C(NCC(=O)N(C)C)N(C)Cc2cc(F)c(F)c(F)c2)cc1.I. The first-order valence-electron chi connectivity index (χ1n) is 9.17. The summed E-state index contributed by atoms with van der Waals surface area (Å²) in [6.45, 7) is 0.350. The molecule has 31 heavy (non-hydrogen) atoms. The van der Waals surface area contributed by atoms with Crippen molar-refractivity contribution in [1.29, 1.82) is 0 Å². The fourth-order valence-corrected chi connectivity index (χ4v) is 2.57. The topological polar surface area (TPSA) is 57.2 Å². The number of rotatable bonds is 7. The average molecular weight is 550 g/mol. The van der Waals surface area contributed by atoms with Crippen LogP contribution in [0.4, 0.5) is 13.2 Å². The Balaban J connectivity index is 0.00000480. The van der Waals surface area contributed by atoms with Crippen molar-refractivity contribution in [3.8, 4) is 5.75 Å². The molecule has 0 unspecified atom stereocenters. The molecule has 1 amide bonds. The highest BCUT2D eigenvalue weighted by atomic mass is 127. The van der Waals surface area contributed by atoms with Crippen molar-refractivity contribution in [2.24, 2.45) is 4.99 Å². The Hall–Kier alpha value is -2.50. The number of likely N-dealkylation sites (N-methyl/N-ethyl adjacent to an activating group) is 1. The zero-order chi connectivity index (χ0) is 22.3. The van der Waals surface area contributed by atoms with E-state index in [1.54, 1.807) is 45.3 Å². The van der Waals surface area contributed by atoms with Gasteiger partial charge in [0.15, 0.2) is 23.4 Å². The molecule has 0 aromatic heterocycles. The van der Waals surface area contributed by atoms with Crippen LogP contribution in [0.15, 0.2) is 41.4 Å². The van der Waals surface area contributed by atoms with Gasteiger partial charge in [0.05, 0.1) is 20.2 Å². The molecule has 0 bridgehead atoms. The maximum atomic E-state index is 13.5. The molecule has 2 aromatic rings. The Morgan fingerprint density at radius 2 is 1.61 bits per heavy atom. The molecule has 0 heterocycles. The molecule has 0 atom stereocenters. The zero-order valence-corrected chi connectivity index (χ0v) is 20.1. The summed E-state index contributed by atoms with van der Waals surface area (Å²) in [4.78, 5) is 19.5. The number of guanidine groups is 1. The lowest BCUT2D eigenvalue weighted by atomic mass is 10.2. The summed E-state index contributed by atoms with van der Waals surface area (Å²) in [7, 11) is 6.49. The maximum absolute atomic E-state index is 13.5. The lowest BCUT2D eigenvalue weighted by Crippen LogP contribution is -2.43. The third kappa shape index (κ3) is 7.93. The number of nitrogens with zero attached hydrogens (tertiary/aromatic N) is 3. The summed E-state index contributed by atoms with van der Waals surface area (Å²) in [6.07, 6.45) is 0. The quantitative estimate of drug-likeness (QED) is 0.249. The van der Waals surface area contributed by atoms with Gasteiger partial charge >= 0.3 is 0 Å². The highest BCUT2D eigenvalue weighted by Crippen LogP contribution is 2.15. The number of halogens is 4. The number of benzene rings is 2. The molecule has 170 valence electrons. The molecule has 6 nitrogen and oxygen atoms in total. The van der Waals surface area contributed by atoms with E-state index in [9.17, 15) is 18.0 Å². The number of hydrogen-bond donors (Lipinski definition) is 1. The monoisotopic (exact) mass is 550 g/mol. The van der Waals surface area contributed by atoms with Crippen LogP contribution < -0.4 is 10.1 Å². The van der Waals surface area contributed by atoms with E-state index < -0.39 is 17.5 Å². The molecule has 0 aliphatic carbocycles. The summed E-state index contributed by atoms with van der Waals surface area (Å²) in [5.74, 6) is -3.12. The first-order chi connectivity index (χ1) is 14.2. The van der Waals surface area contributed by atoms with Crippen molar-refractivity contribution < 1.29 is 22.7 Å². The Labute approximate surface area is 197 Å². The van der Waals surface area contributed by atoms with Crippen molar-refractivity contribution >= 4 is 35.8 Å². The van der Waals surface area contributed by atoms with Crippen molar-refractivity contribution in [3.05, 3.63) is 65.0 Å². The van der Waals surface area contributed by atoms with Crippen LogP contribution in [-0.2, 0) is 17.9 Å². The molecule has 0 aliphatic heterocycles. The lowest BCUT2D eigenvalue weighted by molar-refractivity contribution is -0.127. The van der Waals surface area contributed by atoms with E-state index in [-0.39, 0.29) is 48.5 Å². The first-order valence-corrected chi connectivity index (χ1v) is 9.17. The van der Waals surface area contributed by atoms with Crippen LogP contribution in [0.25, 0.3) is 0 Å². The molecule has 1 N–H and O–H groups in total. The molecule has 0 fully saturated rings. The number of hydrogen-bond acceptors (Lipinski definition) is 3. The molecule has 0 saturated carbocycles. The van der Waals surface area contributed by atoms with Gasteiger partial charge in [0.1, 0.15) is 5.75 Å². The Kier molecular flexibility index (Phi) is 10.6. The predicted molar refractivity (Wildman–Crippen MR) is 124 cm³/mol. The molecule has 0 radical (unpaired) electrons. The van der Waals surface area contributed by atoms with E-state index in [4.69, 9.17) is 4.74 Å². The van der Waals surface area contributed by atoms with E-state index in [1.807, 2.05) is 12.1 Å². The van der Waals surface area contributed by atoms with Gasteiger partial charge in [-0.3, -0.25) is 4.79 Å². The van der Waals surface area contributed by atoms with Gasteiger partial charge in [-0.2, -0.15) is 0 Å². The van der Waals surface area contributed by atoms with E-state index in [0.29, 0.717) is 12.5 Å². The van der Waals surface area contributed by atoms with E-state index in [0.717, 1.165) is 23.4 Å². The number of amides is 1. The second-order valence-electron chi connectivity index (χ2n) is 6.86. The number of ether oxygens (including phenoxy) is 1. The lowest BCUT2D eigenvalue weighted by Gasteiger charge is -2.23. The summed E-state index contributed by atoms with van der Waals surface area (Å²) >= 11 is 0. The summed E-state index contributed by atoms with van der Waals surface area (Å²) in [5.41, 5.74) is 1.13. The molecular weight excluding hydrogens is 524 g/mol. The van der Waals surface area contributed by atoms with Crippen molar-refractivity contribution in [2.75, 3.05) is 34.8 Å². The van der Waals surface area contributed by atoms with E-state index in [2.05, 4.69) is 10.3 Å². The van der Waals surface area contributed by atoms with Gasteiger partial charge in [-0.15, -0.1) is 24.0 Å². The molecule has 0 saturated heterocycles. The van der Waals surface area contributed by atoms with Gasteiger partial charge in [-0.25, -0.2) is 18.2 Å². The molecule has 0 aliphatic rings. The van der Waals surface area contributed by atoms with E-state index in [1.165, 1.54) is 4.90 Å². The minimum atomic E-state index is -1.51. The highest BCUT2D eigenvalue weighted by Gasteiger charge is 2.14. The zero-order valence-electron chi connectivity index (χ0n) is 17.8. The largest absolute Gasteiger partial charge is 0.497 e. The fourth-order valence-electron chi connectivity index (χ4n) is 2.57. The molecule has 2 aromatic carbocycles. The van der Waals surface area contributed by atoms with Crippen molar-refractivity contribution in [2.45, 2.75) is 13.1 Å². The summed E-state index contributed by atoms with van der Waals surface area (Å²) < 4.78 is 45.4. The number of carbonyl (C=O) groups is 1. The van der Waals surface area contributed by atoms with Gasteiger partial charge in [0.25, 0.3) is 0 Å². The van der Waals surface area contributed by atoms with Gasteiger partial charge in [0, 0.05) is 27.7 Å². The normalized spacial score (nSPS) is 10.9. The number of nitrogens with one attached hydrogen (secondary N) is 1. The third-order valence-electron chi connectivity index (χ3n) is 4.29. The molecule has 2 rings (SSSR count). The third-order valence-corrected chi connectivity index (χ3v) is 4.29. The summed E-state index contributed by atoms with van der Waals surface area (Å²) in [6, 6.07) is 9.19. The standard InChI is InChI=1S/C21H25F3N4O2.HI/c1-27(2)19(29)12-26-21(25-11-14-5-7-16(30-4)8-6-14)28(3)13-15-9-17(22)20(24)18(23)10-15;/h5-10H,11-13H2,1-4H3,(H,25,26);1H. The van der Waals surface area contributed by atoms with Crippen LogP contribution in [0, 0.1) is 17.5 Å². The van der Waals surface area contributed by atoms with E-state index >= 15 is 0 Å². The van der Waals surface area contributed by atoms with Gasteiger partial charge in [0.2, 0.25) is 5.91 Å². The first kappa shape index (κ1) is 26.5. The summed E-state index contributed by atoms with van der Waals surface area (Å²) in [5, 5.41) is 2.95. The molecule has 10 heteroatoms. The van der Waals surface area contributed by atoms with Crippen LogP contribution in [0.1, 0.15) is 11.1 Å². The van der Waals surface area contributed by atoms with Gasteiger partial charge < -0.3 is 19.9 Å². The van der Waals surface area contributed by atoms with Crippen LogP contribution in [0.5, 0.6) is 5.75 Å². The van der Waals surface area contributed by atoms with Crippen LogP contribution in [-0.4, -0.2) is 56.5 Å². The second-order valence-corrected chi connectivity index (χ2v) is 6.86. The Morgan fingerprint density at radius 1 is 1.03 bits per heavy atom. The number of carbonyl (C=O) groups excluding carboxylic acids is 1. The predicted octanol–water partition coefficient (Wildman–Crippen LogP) is 3.40. The second kappa shape index (κ2) is 12.4. The number of methoxy groups -OCH3 is 1. The Morgan fingerprint density at radius 3 is 2.13 bits per heavy atom. The van der Waals surface area contributed by atoms with Gasteiger partial charge in [-0.1, -0.05) is 12.1 Å². The molecule has 0 spiro atoms. The van der Waals surface area contributed by atoms with Crippen LogP contribution in [0.2, 0.25) is 0 Å². The molecular formula is C21H26F3IN4O2. The van der Waals surface area contributed by atoms with Crippen molar-refractivity contribution in [1.82, 2.24) is 15.1 Å². The van der Waals surface area contributed by atoms with Crippen LogP contribution in [0.3, 0.4) is 0 Å². The fraction of sp³-hybridized carbons (Fsp3) is 0.333. The Bertz CT molecular complexity index is 885. The smallest absolute Gasteiger partial charge is 0.241 e. The average Bonchev–Trinajstić information content (AvgIpc) is 2.71.